The van der Waals surface area contributed by atoms with Crippen LogP contribution in [0.25, 0.3) is 10.9 Å². The van der Waals surface area contributed by atoms with Crippen LogP contribution in [-0.4, -0.2) is 23.4 Å². The highest BCUT2D eigenvalue weighted by molar-refractivity contribution is 6.10. The van der Waals surface area contributed by atoms with Gasteiger partial charge in [-0.1, -0.05) is 18.2 Å². The predicted molar refractivity (Wildman–Crippen MR) is 65.8 cm³/mol. The van der Waals surface area contributed by atoms with E-state index in [2.05, 4.69) is 5.32 Å². The number of aryl methyl sites for hydroxylation is 1. The standard InChI is InChI=1S/C13H16N2O/c1-9(14-2)13(16)11-8-15(3)12-7-5-4-6-10(11)12/h4-9,14H,1-3H3. The summed E-state index contributed by atoms with van der Waals surface area (Å²) < 4.78 is 1.99. The molecule has 0 radical (unpaired) electrons. The molecule has 2 rings (SSSR count). The number of benzene rings is 1. The zero-order valence-corrected chi connectivity index (χ0v) is 9.82. The second-order valence-electron chi connectivity index (χ2n) is 4.05. The van der Waals surface area contributed by atoms with Crippen LogP contribution in [0.3, 0.4) is 0 Å². The van der Waals surface area contributed by atoms with Gasteiger partial charge >= 0.3 is 0 Å². The molecular formula is C13H16N2O. The molecule has 1 aromatic heterocycles. The van der Waals surface area contributed by atoms with Crippen LogP contribution in [-0.2, 0) is 7.05 Å². The summed E-state index contributed by atoms with van der Waals surface area (Å²) in [6.07, 6.45) is 1.90. The molecule has 3 heteroatoms. The van der Waals surface area contributed by atoms with Crippen molar-refractivity contribution in [3.05, 3.63) is 36.0 Å². The summed E-state index contributed by atoms with van der Waals surface area (Å²) in [6, 6.07) is 7.81. The van der Waals surface area contributed by atoms with Crippen molar-refractivity contribution in [1.82, 2.24) is 9.88 Å². The van der Waals surface area contributed by atoms with Gasteiger partial charge in [0, 0.05) is 29.7 Å². The number of carbonyl (C=O) groups excluding carboxylic acids is 1. The van der Waals surface area contributed by atoms with Crippen molar-refractivity contribution >= 4 is 16.7 Å². The maximum atomic E-state index is 12.1. The summed E-state index contributed by atoms with van der Waals surface area (Å²) in [5.74, 6) is 0.138. The van der Waals surface area contributed by atoms with Gasteiger partial charge < -0.3 is 9.88 Å². The van der Waals surface area contributed by atoms with Crippen LogP contribution in [0.5, 0.6) is 0 Å². The van der Waals surface area contributed by atoms with Gasteiger partial charge in [0.05, 0.1) is 6.04 Å². The molecule has 0 fully saturated rings. The van der Waals surface area contributed by atoms with Crippen molar-refractivity contribution < 1.29 is 4.79 Å². The van der Waals surface area contributed by atoms with E-state index < -0.39 is 0 Å². The Kier molecular flexibility index (Phi) is 2.79. The molecule has 1 N–H and O–H groups in total. The molecule has 0 saturated heterocycles. The number of nitrogens with zero attached hydrogens (tertiary/aromatic N) is 1. The molecule has 0 aliphatic heterocycles. The monoisotopic (exact) mass is 216 g/mol. The summed E-state index contributed by atoms with van der Waals surface area (Å²) >= 11 is 0. The maximum absolute atomic E-state index is 12.1. The molecule has 2 aromatic rings. The summed E-state index contributed by atoms with van der Waals surface area (Å²) in [7, 11) is 3.76. The highest BCUT2D eigenvalue weighted by Crippen LogP contribution is 2.21. The number of hydrogen-bond donors (Lipinski definition) is 1. The topological polar surface area (TPSA) is 34.0 Å². The first-order valence-corrected chi connectivity index (χ1v) is 5.40. The van der Waals surface area contributed by atoms with Gasteiger partial charge in [0.15, 0.2) is 5.78 Å². The van der Waals surface area contributed by atoms with Gasteiger partial charge in [0.2, 0.25) is 0 Å². The molecule has 3 nitrogen and oxygen atoms in total. The van der Waals surface area contributed by atoms with Crippen molar-refractivity contribution in [2.75, 3.05) is 7.05 Å². The van der Waals surface area contributed by atoms with E-state index >= 15 is 0 Å². The highest BCUT2D eigenvalue weighted by atomic mass is 16.1. The largest absolute Gasteiger partial charge is 0.350 e. The Morgan fingerprint density at radius 1 is 1.38 bits per heavy atom. The fraction of sp³-hybridized carbons (Fsp3) is 0.308. The number of ketones is 1. The van der Waals surface area contributed by atoms with E-state index in [1.807, 2.05) is 49.0 Å². The number of rotatable bonds is 3. The Morgan fingerprint density at radius 2 is 2.06 bits per heavy atom. The summed E-state index contributed by atoms with van der Waals surface area (Å²) in [5, 5.41) is 4.00. The molecule has 0 saturated carbocycles. The first kappa shape index (κ1) is 10.9. The first-order valence-electron chi connectivity index (χ1n) is 5.40. The number of carbonyl (C=O) groups is 1. The molecule has 1 aromatic carbocycles. The average Bonchev–Trinajstić information content (AvgIpc) is 2.65. The Morgan fingerprint density at radius 3 is 2.75 bits per heavy atom. The number of Topliss-reactive ketones (excluding diaryl/α,β-unsaturated/α-hetero) is 1. The minimum atomic E-state index is -0.147. The number of nitrogens with one attached hydrogen (secondary N) is 1. The van der Waals surface area contributed by atoms with Crippen molar-refractivity contribution in [3.8, 4) is 0 Å². The quantitative estimate of drug-likeness (QED) is 0.796. The maximum Gasteiger partial charge on any atom is 0.181 e. The molecule has 84 valence electrons. The number of para-hydroxylation sites is 1. The second-order valence-corrected chi connectivity index (χ2v) is 4.05. The summed E-state index contributed by atoms with van der Waals surface area (Å²) in [5.41, 5.74) is 1.88. The third-order valence-corrected chi connectivity index (χ3v) is 2.99. The summed E-state index contributed by atoms with van der Waals surface area (Å²) in [4.78, 5) is 12.1. The normalized spacial score (nSPS) is 12.9. The fourth-order valence-corrected chi connectivity index (χ4v) is 1.90. The van der Waals surface area contributed by atoms with Crippen LogP contribution >= 0.6 is 0 Å². The van der Waals surface area contributed by atoms with Crippen LogP contribution in [0.2, 0.25) is 0 Å². The van der Waals surface area contributed by atoms with Gasteiger partial charge in [-0.3, -0.25) is 4.79 Å². The van der Waals surface area contributed by atoms with Gasteiger partial charge in [-0.05, 0) is 20.0 Å². The lowest BCUT2D eigenvalue weighted by Gasteiger charge is -2.07. The molecule has 0 spiro atoms. The van der Waals surface area contributed by atoms with E-state index in [1.54, 1.807) is 7.05 Å². The number of hydrogen-bond acceptors (Lipinski definition) is 2. The number of fused-ring (bicyclic) bond motifs is 1. The Bertz CT molecular complexity index is 528. The van der Waals surface area contributed by atoms with Crippen LogP contribution in [0, 0.1) is 0 Å². The Hall–Kier alpha value is -1.61. The van der Waals surface area contributed by atoms with E-state index in [0.29, 0.717) is 0 Å². The molecule has 1 unspecified atom stereocenters. The fourth-order valence-electron chi connectivity index (χ4n) is 1.90. The minimum Gasteiger partial charge on any atom is -0.350 e. The zero-order chi connectivity index (χ0) is 11.7. The van der Waals surface area contributed by atoms with Crippen molar-refractivity contribution in [2.24, 2.45) is 7.05 Å². The van der Waals surface area contributed by atoms with Gasteiger partial charge in [-0.2, -0.15) is 0 Å². The molecular weight excluding hydrogens is 200 g/mol. The van der Waals surface area contributed by atoms with Crippen LogP contribution in [0.4, 0.5) is 0 Å². The van der Waals surface area contributed by atoms with E-state index in [0.717, 1.165) is 16.5 Å². The Labute approximate surface area is 95.1 Å². The van der Waals surface area contributed by atoms with E-state index in [1.165, 1.54) is 0 Å². The third kappa shape index (κ3) is 1.63. The molecule has 0 bridgehead atoms. The zero-order valence-electron chi connectivity index (χ0n) is 9.82. The highest BCUT2D eigenvalue weighted by Gasteiger charge is 2.17. The SMILES string of the molecule is CNC(C)C(=O)c1cn(C)c2ccccc12. The van der Waals surface area contributed by atoms with Crippen LogP contribution in [0.1, 0.15) is 17.3 Å². The molecule has 0 aliphatic rings. The molecule has 16 heavy (non-hydrogen) atoms. The van der Waals surface area contributed by atoms with E-state index in [9.17, 15) is 4.79 Å². The number of likely N-dealkylation sites (N-methyl/N-ethyl adjacent to an activating group) is 1. The van der Waals surface area contributed by atoms with Crippen molar-refractivity contribution in [1.29, 1.82) is 0 Å². The Balaban J connectivity index is 2.57. The van der Waals surface area contributed by atoms with Crippen molar-refractivity contribution in [2.45, 2.75) is 13.0 Å². The lowest BCUT2D eigenvalue weighted by molar-refractivity contribution is 0.0956. The van der Waals surface area contributed by atoms with E-state index in [4.69, 9.17) is 0 Å². The van der Waals surface area contributed by atoms with Gasteiger partial charge in [-0.15, -0.1) is 0 Å². The average molecular weight is 216 g/mol. The summed E-state index contributed by atoms with van der Waals surface area (Å²) in [6.45, 7) is 1.88. The number of aromatic nitrogens is 1. The van der Waals surface area contributed by atoms with Crippen LogP contribution < -0.4 is 5.32 Å². The lowest BCUT2D eigenvalue weighted by atomic mass is 10.0. The predicted octanol–water partition coefficient (Wildman–Crippen LogP) is 1.97. The second kappa shape index (κ2) is 4.10. The van der Waals surface area contributed by atoms with E-state index in [-0.39, 0.29) is 11.8 Å². The van der Waals surface area contributed by atoms with Gasteiger partial charge in [0.25, 0.3) is 0 Å². The van der Waals surface area contributed by atoms with Gasteiger partial charge in [0.1, 0.15) is 0 Å². The molecule has 0 amide bonds. The van der Waals surface area contributed by atoms with Gasteiger partial charge in [-0.25, -0.2) is 0 Å². The smallest absolute Gasteiger partial charge is 0.181 e. The first-order chi connectivity index (χ1) is 7.65. The minimum absolute atomic E-state index is 0.138. The molecule has 1 heterocycles. The van der Waals surface area contributed by atoms with Crippen molar-refractivity contribution in [3.63, 3.8) is 0 Å². The van der Waals surface area contributed by atoms with Crippen LogP contribution in [0.15, 0.2) is 30.5 Å². The molecule has 1 atom stereocenters. The third-order valence-electron chi connectivity index (χ3n) is 2.99. The lowest BCUT2D eigenvalue weighted by Crippen LogP contribution is -2.30. The molecule has 0 aliphatic carbocycles.